The molecular formula is C32H40F3N5OS. The van der Waals surface area contributed by atoms with E-state index in [1.165, 1.54) is 17.4 Å². The number of anilines is 2. The number of nitrogens with zero attached hydrogens (tertiary/aromatic N) is 3. The van der Waals surface area contributed by atoms with Gasteiger partial charge in [0, 0.05) is 41.1 Å². The van der Waals surface area contributed by atoms with Crippen LogP contribution in [0, 0.1) is 11.8 Å². The van der Waals surface area contributed by atoms with E-state index in [0.29, 0.717) is 23.0 Å². The molecule has 2 aliphatic heterocycles. The van der Waals surface area contributed by atoms with Crippen LogP contribution in [0.25, 0.3) is 10.9 Å². The number of ether oxygens (including phenoxy) is 1. The molecule has 0 saturated carbocycles. The molecule has 0 unspecified atom stereocenters. The van der Waals surface area contributed by atoms with Gasteiger partial charge in [-0.1, -0.05) is 12.0 Å². The van der Waals surface area contributed by atoms with Crippen molar-refractivity contribution >= 4 is 34.0 Å². The summed E-state index contributed by atoms with van der Waals surface area (Å²) in [6.07, 6.45) is 2.11. The van der Waals surface area contributed by atoms with Crippen molar-refractivity contribution in [1.82, 2.24) is 14.4 Å². The van der Waals surface area contributed by atoms with Crippen LogP contribution < -0.4 is 15.4 Å². The number of thioether (sulfide) groups is 1. The quantitative estimate of drug-likeness (QED) is 0.232. The average molecular weight is 600 g/mol. The number of methoxy groups -OCH3 is 1. The topological polar surface area (TPSA) is 44.7 Å². The fourth-order valence-corrected chi connectivity index (χ4v) is 6.50. The molecule has 1 aromatic heterocycles. The molecule has 2 saturated heterocycles. The molecular weight excluding hydrogens is 559 g/mol. The van der Waals surface area contributed by atoms with E-state index in [2.05, 4.69) is 39.3 Å². The van der Waals surface area contributed by atoms with Crippen LogP contribution in [0.3, 0.4) is 0 Å². The van der Waals surface area contributed by atoms with Crippen molar-refractivity contribution in [3.63, 3.8) is 0 Å². The number of rotatable bonds is 8. The highest BCUT2D eigenvalue weighted by molar-refractivity contribution is 7.98. The number of fused-ring (bicyclic) bond motifs is 1. The maximum Gasteiger partial charge on any atom is 0.406 e. The third-order valence-electron chi connectivity index (χ3n) is 8.37. The van der Waals surface area contributed by atoms with Gasteiger partial charge in [-0.05, 0) is 94.4 Å². The van der Waals surface area contributed by atoms with Gasteiger partial charge in [-0.15, -0.1) is 11.8 Å². The van der Waals surface area contributed by atoms with E-state index in [-0.39, 0.29) is 12.6 Å². The van der Waals surface area contributed by atoms with E-state index in [0.717, 1.165) is 60.7 Å². The van der Waals surface area contributed by atoms with Crippen LogP contribution in [0.1, 0.15) is 31.4 Å². The zero-order chi connectivity index (χ0) is 29.7. The largest absolute Gasteiger partial charge is 0.495 e. The zero-order valence-electron chi connectivity index (χ0n) is 24.6. The average Bonchev–Trinajstić information content (AvgIpc) is 3.32. The highest BCUT2D eigenvalue weighted by Crippen LogP contribution is 2.32. The molecule has 2 N–H and O–H groups in total. The Labute approximate surface area is 250 Å². The second-order valence-electron chi connectivity index (χ2n) is 11.2. The monoisotopic (exact) mass is 599 g/mol. The molecule has 0 aliphatic carbocycles. The molecule has 0 spiro atoms. The van der Waals surface area contributed by atoms with Crippen LogP contribution in [-0.4, -0.2) is 85.8 Å². The Morgan fingerprint density at radius 3 is 2.45 bits per heavy atom. The molecule has 3 aromatic rings. The lowest BCUT2D eigenvalue weighted by atomic mass is 9.97. The molecule has 2 aliphatic rings. The molecule has 0 atom stereocenters. The molecule has 0 amide bonds. The molecule has 42 heavy (non-hydrogen) atoms. The standard InChI is InChI=1S/C32H40F3N5OS/c1-38-16-13-24(14-17-38)39-18-11-23(12-19-39)37-28-7-4-8-30-27(28)20-25(40(30)22-32(33,34)35)6-5-15-36-29-10-9-26(42-3)21-31(29)41-2/h4,7-10,20-21,23-24,36-37H,11-19,22H2,1-3H3. The molecule has 3 heterocycles. The molecule has 5 rings (SSSR count). The van der Waals surface area contributed by atoms with Crippen LogP contribution in [0.15, 0.2) is 47.4 Å². The van der Waals surface area contributed by atoms with E-state index in [4.69, 9.17) is 4.74 Å². The maximum absolute atomic E-state index is 13.6. The Morgan fingerprint density at radius 1 is 1.00 bits per heavy atom. The van der Waals surface area contributed by atoms with E-state index in [1.54, 1.807) is 31.0 Å². The van der Waals surface area contributed by atoms with Crippen molar-refractivity contribution in [2.45, 2.75) is 55.4 Å². The number of benzene rings is 2. The Bertz CT molecular complexity index is 1410. The summed E-state index contributed by atoms with van der Waals surface area (Å²) >= 11 is 1.62. The number of halogens is 3. The normalized spacial score (nSPS) is 17.7. The summed E-state index contributed by atoms with van der Waals surface area (Å²) < 4.78 is 47.7. The molecule has 226 valence electrons. The summed E-state index contributed by atoms with van der Waals surface area (Å²) in [5.74, 6) is 6.71. The second-order valence-corrected chi connectivity index (χ2v) is 12.1. The van der Waals surface area contributed by atoms with E-state index in [9.17, 15) is 13.2 Å². The van der Waals surface area contributed by atoms with Crippen molar-refractivity contribution in [2.75, 3.05) is 63.8 Å². The van der Waals surface area contributed by atoms with Gasteiger partial charge in [0.15, 0.2) is 0 Å². The third kappa shape index (κ3) is 7.49. The minimum atomic E-state index is -4.36. The van der Waals surface area contributed by atoms with Gasteiger partial charge in [-0.3, -0.25) is 0 Å². The lowest BCUT2D eigenvalue weighted by Gasteiger charge is -2.41. The van der Waals surface area contributed by atoms with Crippen molar-refractivity contribution in [3.8, 4) is 17.6 Å². The van der Waals surface area contributed by atoms with Crippen LogP contribution in [0.5, 0.6) is 5.75 Å². The van der Waals surface area contributed by atoms with Gasteiger partial charge in [0.2, 0.25) is 0 Å². The van der Waals surface area contributed by atoms with Gasteiger partial charge in [-0.25, -0.2) is 0 Å². The highest BCUT2D eigenvalue weighted by atomic mass is 32.2. The van der Waals surface area contributed by atoms with E-state index in [1.807, 2.05) is 36.6 Å². The minimum absolute atomic E-state index is 0.267. The summed E-state index contributed by atoms with van der Waals surface area (Å²) in [7, 11) is 3.79. The number of alkyl halides is 3. The lowest BCUT2D eigenvalue weighted by Crippen LogP contribution is -2.48. The van der Waals surface area contributed by atoms with Crippen molar-refractivity contribution < 1.29 is 17.9 Å². The first-order chi connectivity index (χ1) is 20.2. The van der Waals surface area contributed by atoms with Gasteiger partial charge in [0.1, 0.15) is 12.3 Å². The summed E-state index contributed by atoms with van der Waals surface area (Å²) in [6.45, 7) is 3.58. The minimum Gasteiger partial charge on any atom is -0.495 e. The number of piperidine rings is 2. The van der Waals surface area contributed by atoms with Crippen LogP contribution in [0.2, 0.25) is 0 Å². The first-order valence-corrected chi connectivity index (χ1v) is 15.8. The van der Waals surface area contributed by atoms with Crippen molar-refractivity contribution in [3.05, 3.63) is 48.2 Å². The fraction of sp³-hybridized carbons (Fsp3) is 0.500. The third-order valence-corrected chi connectivity index (χ3v) is 9.09. The molecule has 2 aromatic carbocycles. The molecule has 10 heteroatoms. The van der Waals surface area contributed by atoms with Crippen LogP contribution >= 0.6 is 11.8 Å². The Morgan fingerprint density at radius 2 is 1.76 bits per heavy atom. The van der Waals surface area contributed by atoms with E-state index >= 15 is 0 Å². The predicted octanol–water partition coefficient (Wildman–Crippen LogP) is 6.37. The highest BCUT2D eigenvalue weighted by Gasteiger charge is 2.31. The van der Waals surface area contributed by atoms with Crippen molar-refractivity contribution in [1.29, 1.82) is 0 Å². The second kappa shape index (κ2) is 13.5. The van der Waals surface area contributed by atoms with Crippen molar-refractivity contribution in [2.24, 2.45) is 0 Å². The Balaban J connectivity index is 1.30. The summed E-state index contributed by atoms with van der Waals surface area (Å²) in [5, 5.41) is 7.66. The SMILES string of the molecule is COc1cc(SC)ccc1NCC#Cc1cc2c(NC3CCN(C4CCN(C)CC4)CC3)cccc2n1CC(F)(F)F. The smallest absolute Gasteiger partial charge is 0.406 e. The molecule has 2 fully saturated rings. The van der Waals surface area contributed by atoms with Crippen LogP contribution in [0.4, 0.5) is 24.5 Å². The Kier molecular flexibility index (Phi) is 9.81. The van der Waals surface area contributed by atoms with Gasteiger partial charge in [0.25, 0.3) is 0 Å². The van der Waals surface area contributed by atoms with Crippen LogP contribution in [-0.2, 0) is 6.54 Å². The zero-order valence-corrected chi connectivity index (χ0v) is 25.4. The lowest BCUT2D eigenvalue weighted by molar-refractivity contribution is -0.140. The number of likely N-dealkylation sites (tertiary alicyclic amines) is 2. The van der Waals surface area contributed by atoms with Gasteiger partial charge in [-0.2, -0.15) is 13.2 Å². The Hall–Kier alpha value is -3.00. The first-order valence-electron chi connectivity index (χ1n) is 14.6. The summed E-state index contributed by atoms with van der Waals surface area (Å²) in [6, 6.07) is 14.1. The number of hydrogen-bond donors (Lipinski definition) is 2. The maximum atomic E-state index is 13.6. The predicted molar refractivity (Wildman–Crippen MR) is 167 cm³/mol. The van der Waals surface area contributed by atoms with Gasteiger partial charge < -0.3 is 29.7 Å². The number of hydrogen-bond acceptors (Lipinski definition) is 6. The van der Waals surface area contributed by atoms with Gasteiger partial charge in [0.05, 0.1) is 30.6 Å². The first kappa shape index (κ1) is 30.5. The molecule has 0 bridgehead atoms. The molecule has 0 radical (unpaired) electrons. The number of aromatic nitrogens is 1. The fourth-order valence-electron chi connectivity index (χ4n) is 6.07. The summed E-state index contributed by atoms with van der Waals surface area (Å²) in [4.78, 5) is 6.10. The number of nitrogens with one attached hydrogen (secondary N) is 2. The van der Waals surface area contributed by atoms with E-state index < -0.39 is 12.7 Å². The van der Waals surface area contributed by atoms with Gasteiger partial charge >= 0.3 is 6.18 Å². The molecule has 6 nitrogen and oxygen atoms in total. The summed E-state index contributed by atoms with van der Waals surface area (Å²) in [5.41, 5.74) is 2.53.